The zero-order valence-electron chi connectivity index (χ0n) is 43.4. The Bertz CT molecular complexity index is 3190. The van der Waals surface area contributed by atoms with Crippen molar-refractivity contribution < 1.29 is 35.8 Å². The smallest absolute Gasteiger partial charge is 0.170 e. The normalized spacial score (nSPS) is 13.1. The number of rotatable bonds is 18. The number of sulfone groups is 2. The molecule has 0 fully saturated rings. The van der Waals surface area contributed by atoms with Gasteiger partial charge in [0.25, 0.3) is 0 Å². The lowest BCUT2D eigenvalue weighted by Gasteiger charge is -2.20. The number of methoxy groups -OCH3 is 4. The van der Waals surface area contributed by atoms with E-state index in [-0.39, 0.29) is 30.6 Å². The maximum atomic E-state index is 13.7. The topological polar surface area (TPSA) is 244 Å². The van der Waals surface area contributed by atoms with E-state index in [2.05, 4.69) is 50.3 Å². The monoisotopic (exact) mass is 1060 g/mol. The van der Waals surface area contributed by atoms with E-state index < -0.39 is 42.0 Å². The highest BCUT2D eigenvalue weighted by atomic mass is 32.2. The van der Waals surface area contributed by atoms with E-state index in [9.17, 15) is 16.8 Å². The Morgan fingerprint density at radius 1 is 0.467 bits per heavy atom. The van der Waals surface area contributed by atoms with Gasteiger partial charge in [-0.1, -0.05) is 33.4 Å². The van der Waals surface area contributed by atoms with Crippen molar-refractivity contribution in [2.45, 2.75) is 96.7 Å². The third-order valence-corrected chi connectivity index (χ3v) is 17.0. The van der Waals surface area contributed by atoms with Gasteiger partial charge in [-0.2, -0.15) is 0 Å². The molecule has 0 saturated carbocycles. The molecular weight excluding hydrogens is 997 g/mol. The Kier molecular flexibility index (Phi) is 18.2. The third-order valence-electron chi connectivity index (χ3n) is 12.6. The molecule has 2 aromatic carbocycles. The first-order valence-electron chi connectivity index (χ1n) is 23.5. The summed E-state index contributed by atoms with van der Waals surface area (Å²) < 4.78 is 80.5. The summed E-state index contributed by atoms with van der Waals surface area (Å²) in [6.07, 6.45) is 13.5. The van der Waals surface area contributed by atoms with Crippen molar-refractivity contribution in [3.8, 4) is 57.1 Å². The quantitative estimate of drug-likeness (QED) is 0.0783. The molecule has 0 radical (unpaired) electrons. The number of hydrogen-bond donors (Lipinski definition) is 0. The molecule has 0 amide bonds. The Labute approximate surface area is 438 Å². The first kappa shape index (κ1) is 56.6. The summed E-state index contributed by atoms with van der Waals surface area (Å²) in [7, 11) is -1.28. The second kappa shape index (κ2) is 24.1. The van der Waals surface area contributed by atoms with Crippen LogP contribution in [0.2, 0.25) is 0 Å². The molecule has 6 aromatic heterocycles. The molecule has 8 aromatic rings. The number of benzene rings is 2. The second-order valence-electron chi connectivity index (χ2n) is 17.9. The number of pyridine rings is 2. The van der Waals surface area contributed by atoms with E-state index in [4.69, 9.17) is 18.9 Å². The van der Waals surface area contributed by atoms with Gasteiger partial charge < -0.3 is 18.9 Å². The molecule has 0 N–H and O–H groups in total. The van der Waals surface area contributed by atoms with E-state index in [1.165, 1.54) is 28.4 Å². The highest BCUT2D eigenvalue weighted by Gasteiger charge is 2.35. The van der Waals surface area contributed by atoms with Gasteiger partial charge in [0, 0.05) is 72.5 Å². The zero-order chi connectivity index (χ0) is 53.5. The average Bonchev–Trinajstić information content (AvgIpc) is 4.00. The van der Waals surface area contributed by atoms with Crippen LogP contribution in [-0.4, -0.2) is 115 Å². The van der Waals surface area contributed by atoms with Gasteiger partial charge in [-0.3, -0.25) is 19.1 Å². The van der Waals surface area contributed by atoms with Crippen LogP contribution < -0.4 is 18.9 Å². The van der Waals surface area contributed by atoms with E-state index in [0.29, 0.717) is 68.8 Å². The molecule has 0 bridgehead atoms. The maximum Gasteiger partial charge on any atom is 0.170 e. The SMILES string of the molecule is C.COc1cccc(OC)c1-n1c(CS(=O)(=O)[C@@H](C)[C@@H](C)c2ncc(C)cn2)nnc1-c1cncc(C)c1.COc1cccc(OC)c1-n1c(CS(=O)(=O)[C@H](C)[C@H](C)c2ncc(C)cn2)nnc1-c1cncc(C)c1. The lowest BCUT2D eigenvalue weighted by Crippen LogP contribution is -2.27. The highest BCUT2D eigenvalue weighted by molar-refractivity contribution is 7.91. The standard InChI is InChI=1S/2C26H30N6O4S.CH4/c2*1-16-10-20(14-27-11-16)26-31-30-23(32(26)24-21(35-5)8-7-9-22(24)36-6)15-37(33,34)19(4)18(3)25-28-12-17(2)13-29-25;/h2*7-14,18-19H,15H2,1-6H3;1H4/t2*18-,19+;/m10./s1. The maximum absolute atomic E-state index is 13.7. The molecule has 0 spiro atoms. The van der Waals surface area contributed by atoms with E-state index in [0.717, 1.165) is 22.3 Å². The molecule has 20 nitrogen and oxygen atoms in total. The van der Waals surface area contributed by atoms with Crippen LogP contribution in [0.1, 0.15) is 92.5 Å². The summed E-state index contributed by atoms with van der Waals surface area (Å²) in [5, 5.41) is 15.9. The molecule has 22 heteroatoms. The zero-order valence-corrected chi connectivity index (χ0v) is 45.0. The summed E-state index contributed by atoms with van der Waals surface area (Å²) in [4.78, 5) is 25.9. The second-order valence-corrected chi connectivity index (χ2v) is 22.6. The summed E-state index contributed by atoms with van der Waals surface area (Å²) in [6.45, 7) is 14.6. The molecule has 0 saturated heterocycles. The van der Waals surface area contributed by atoms with Crippen LogP contribution in [0.5, 0.6) is 23.0 Å². The van der Waals surface area contributed by atoms with Crippen molar-refractivity contribution in [3.05, 3.63) is 144 Å². The van der Waals surface area contributed by atoms with Gasteiger partial charge in [0.1, 0.15) is 57.5 Å². The molecular formula is C53H64N12O8S2. The van der Waals surface area contributed by atoms with Crippen molar-refractivity contribution in [2.75, 3.05) is 28.4 Å². The fourth-order valence-corrected chi connectivity index (χ4v) is 11.2. The molecule has 75 heavy (non-hydrogen) atoms. The molecule has 6 heterocycles. The highest BCUT2D eigenvalue weighted by Crippen LogP contribution is 2.39. The van der Waals surface area contributed by atoms with Crippen molar-refractivity contribution >= 4 is 19.7 Å². The number of ether oxygens (including phenoxy) is 4. The van der Waals surface area contributed by atoms with Gasteiger partial charge >= 0.3 is 0 Å². The van der Waals surface area contributed by atoms with Gasteiger partial charge in [0.15, 0.2) is 43.0 Å². The minimum atomic E-state index is -3.72. The van der Waals surface area contributed by atoms with Crippen LogP contribution in [0.4, 0.5) is 0 Å². The third kappa shape index (κ3) is 12.5. The largest absolute Gasteiger partial charge is 0.494 e. The lowest BCUT2D eigenvalue weighted by atomic mass is 10.1. The van der Waals surface area contributed by atoms with E-state index in [1.807, 2.05) is 53.7 Å². The first-order valence-corrected chi connectivity index (χ1v) is 26.9. The van der Waals surface area contributed by atoms with Gasteiger partial charge in [0.2, 0.25) is 0 Å². The van der Waals surface area contributed by atoms with Gasteiger partial charge in [-0.15, -0.1) is 20.4 Å². The summed E-state index contributed by atoms with van der Waals surface area (Å²) >= 11 is 0. The summed E-state index contributed by atoms with van der Waals surface area (Å²) in [5.74, 6) is 2.58. The number of aromatic nitrogens is 12. The van der Waals surface area contributed by atoms with Crippen molar-refractivity contribution in [2.24, 2.45) is 0 Å². The van der Waals surface area contributed by atoms with Gasteiger partial charge in [-0.05, 0) is 100 Å². The first-order chi connectivity index (χ1) is 35.3. The van der Waals surface area contributed by atoms with Crippen LogP contribution in [0.25, 0.3) is 34.2 Å². The molecule has 0 aliphatic heterocycles. The van der Waals surface area contributed by atoms with Crippen LogP contribution in [0.15, 0.2) is 98.1 Å². The average molecular weight is 1060 g/mol. The number of hydrogen-bond acceptors (Lipinski definition) is 18. The summed E-state index contributed by atoms with van der Waals surface area (Å²) in [5.41, 5.74) is 6.02. The van der Waals surface area contributed by atoms with Crippen LogP contribution in [0, 0.1) is 27.7 Å². The fraction of sp³-hybridized carbons (Fsp3) is 0.358. The number of nitrogens with zero attached hydrogens (tertiary/aromatic N) is 12. The molecule has 0 aliphatic carbocycles. The van der Waals surface area contributed by atoms with Gasteiger partial charge in [0.05, 0.1) is 38.9 Å². The van der Waals surface area contributed by atoms with Crippen LogP contribution in [0.3, 0.4) is 0 Å². The fourth-order valence-electron chi connectivity index (χ4n) is 8.06. The Morgan fingerprint density at radius 2 is 0.787 bits per heavy atom. The molecule has 0 aliphatic rings. The Morgan fingerprint density at radius 3 is 1.08 bits per heavy atom. The van der Waals surface area contributed by atoms with E-state index in [1.54, 1.807) is 109 Å². The van der Waals surface area contributed by atoms with Crippen LogP contribution >= 0.6 is 0 Å². The van der Waals surface area contributed by atoms with Gasteiger partial charge in [-0.25, -0.2) is 36.8 Å². The molecule has 396 valence electrons. The molecule has 4 atom stereocenters. The van der Waals surface area contributed by atoms with Crippen molar-refractivity contribution in [3.63, 3.8) is 0 Å². The minimum absolute atomic E-state index is 0. The summed E-state index contributed by atoms with van der Waals surface area (Å²) in [6, 6.07) is 14.5. The number of aryl methyl sites for hydroxylation is 4. The minimum Gasteiger partial charge on any atom is -0.494 e. The Hall–Kier alpha value is -7.72. The van der Waals surface area contributed by atoms with Crippen molar-refractivity contribution in [1.29, 1.82) is 0 Å². The lowest BCUT2D eigenvalue weighted by molar-refractivity contribution is 0.390. The molecule has 0 unspecified atom stereocenters. The molecule has 8 rings (SSSR count). The van der Waals surface area contributed by atoms with E-state index >= 15 is 0 Å². The van der Waals surface area contributed by atoms with Crippen molar-refractivity contribution in [1.82, 2.24) is 59.4 Å². The van der Waals surface area contributed by atoms with Crippen LogP contribution in [-0.2, 0) is 31.2 Å². The predicted octanol–water partition coefficient (Wildman–Crippen LogP) is 8.36. The Balaban J connectivity index is 0.000000241. The predicted molar refractivity (Wildman–Crippen MR) is 286 cm³/mol. The number of para-hydroxylation sites is 2.